The molecule has 0 aliphatic carbocycles. The van der Waals surface area contributed by atoms with Crippen LogP contribution < -0.4 is 5.73 Å². The predicted octanol–water partition coefficient (Wildman–Crippen LogP) is 3.31. The minimum Gasteiger partial charge on any atom is -0.367 e. The zero-order valence-electron chi connectivity index (χ0n) is 12.6. The molecule has 1 rings (SSSR count). The van der Waals surface area contributed by atoms with Crippen LogP contribution in [0.1, 0.15) is 77.6 Å². The lowest BCUT2D eigenvalue weighted by Crippen LogP contribution is -2.30. The normalized spacial score (nSPS) is 13.7. The van der Waals surface area contributed by atoms with Gasteiger partial charge in [-0.15, -0.1) is 0 Å². The average molecular weight is 269 g/mol. The van der Waals surface area contributed by atoms with Crippen LogP contribution in [0.2, 0.25) is 0 Å². The first-order chi connectivity index (χ1) is 9.13. The van der Waals surface area contributed by atoms with Crippen molar-refractivity contribution in [3.8, 4) is 0 Å². The molecule has 5 nitrogen and oxygen atoms in total. The van der Waals surface area contributed by atoms with Gasteiger partial charge in [-0.25, -0.2) is 0 Å². The Labute approximate surface area is 115 Å². The van der Waals surface area contributed by atoms with E-state index in [1.807, 2.05) is 6.92 Å². The summed E-state index contributed by atoms with van der Waals surface area (Å²) in [6.45, 7) is 8.90. The number of hydrogen-bond donors (Lipinski definition) is 1. The van der Waals surface area contributed by atoms with E-state index in [9.17, 15) is 0 Å². The van der Waals surface area contributed by atoms with Gasteiger partial charge in [-0.2, -0.15) is 4.98 Å². The van der Waals surface area contributed by atoms with Crippen LogP contribution in [0.3, 0.4) is 0 Å². The maximum atomic E-state index is 6.06. The standard InChI is InChI=1S/C14H27N3O2/c1-5-9-10-11(15)12-16-13(17-19-12)14(6-2,7-3)18-8-4/h11H,5-10,15H2,1-4H3. The fourth-order valence-electron chi connectivity index (χ4n) is 2.23. The van der Waals surface area contributed by atoms with Gasteiger partial charge in [0.05, 0.1) is 6.04 Å². The van der Waals surface area contributed by atoms with Gasteiger partial charge in [-0.3, -0.25) is 0 Å². The van der Waals surface area contributed by atoms with E-state index >= 15 is 0 Å². The number of nitrogens with zero attached hydrogens (tertiary/aromatic N) is 2. The Kier molecular flexibility index (Phi) is 6.45. The van der Waals surface area contributed by atoms with E-state index in [1.165, 1.54) is 0 Å². The van der Waals surface area contributed by atoms with Crippen LogP contribution in [0, 0.1) is 0 Å². The maximum Gasteiger partial charge on any atom is 0.243 e. The van der Waals surface area contributed by atoms with Gasteiger partial charge in [0.2, 0.25) is 11.7 Å². The van der Waals surface area contributed by atoms with Crippen molar-refractivity contribution < 1.29 is 9.26 Å². The molecule has 1 heterocycles. The largest absolute Gasteiger partial charge is 0.367 e. The van der Waals surface area contributed by atoms with E-state index < -0.39 is 5.60 Å². The summed E-state index contributed by atoms with van der Waals surface area (Å²) in [7, 11) is 0. The summed E-state index contributed by atoms with van der Waals surface area (Å²) < 4.78 is 11.2. The van der Waals surface area contributed by atoms with Crippen molar-refractivity contribution in [1.82, 2.24) is 10.1 Å². The summed E-state index contributed by atoms with van der Waals surface area (Å²) in [4.78, 5) is 4.47. The predicted molar refractivity (Wildman–Crippen MR) is 74.6 cm³/mol. The van der Waals surface area contributed by atoms with Crippen LogP contribution in [0.15, 0.2) is 4.52 Å². The van der Waals surface area contributed by atoms with E-state index in [1.54, 1.807) is 0 Å². The second kappa shape index (κ2) is 7.60. The molecule has 0 radical (unpaired) electrons. The molecular formula is C14H27N3O2. The van der Waals surface area contributed by atoms with Gasteiger partial charge in [-0.1, -0.05) is 38.8 Å². The molecule has 0 aliphatic rings. The highest BCUT2D eigenvalue weighted by Crippen LogP contribution is 2.31. The quantitative estimate of drug-likeness (QED) is 0.744. The lowest BCUT2D eigenvalue weighted by atomic mass is 9.96. The van der Waals surface area contributed by atoms with Crippen LogP contribution >= 0.6 is 0 Å². The summed E-state index contributed by atoms with van der Waals surface area (Å²) in [5.41, 5.74) is 5.61. The third kappa shape index (κ3) is 3.76. The second-order valence-corrected chi connectivity index (χ2v) is 4.84. The first-order valence-electron chi connectivity index (χ1n) is 7.37. The Bertz CT molecular complexity index is 361. The monoisotopic (exact) mass is 269 g/mol. The Morgan fingerprint density at radius 1 is 1.26 bits per heavy atom. The van der Waals surface area contributed by atoms with Crippen LogP contribution in [-0.2, 0) is 10.3 Å². The van der Waals surface area contributed by atoms with Gasteiger partial charge in [-0.05, 0) is 26.2 Å². The van der Waals surface area contributed by atoms with Crippen LogP contribution in [0.5, 0.6) is 0 Å². The fraction of sp³-hybridized carbons (Fsp3) is 0.857. The van der Waals surface area contributed by atoms with Crippen molar-refractivity contribution in [1.29, 1.82) is 0 Å². The maximum absolute atomic E-state index is 6.06. The summed E-state index contributed by atoms with van der Waals surface area (Å²) in [6.07, 6.45) is 4.69. The van der Waals surface area contributed by atoms with Gasteiger partial charge >= 0.3 is 0 Å². The molecule has 1 aromatic rings. The van der Waals surface area contributed by atoms with Crippen molar-refractivity contribution in [3.63, 3.8) is 0 Å². The zero-order chi connectivity index (χ0) is 14.3. The number of rotatable bonds is 9. The van der Waals surface area contributed by atoms with E-state index in [-0.39, 0.29) is 6.04 Å². The number of hydrogen-bond acceptors (Lipinski definition) is 5. The van der Waals surface area contributed by atoms with E-state index in [4.69, 9.17) is 15.0 Å². The summed E-state index contributed by atoms with van der Waals surface area (Å²) in [6, 6.07) is -0.172. The van der Waals surface area contributed by atoms with Crippen LogP contribution in [0.25, 0.3) is 0 Å². The van der Waals surface area contributed by atoms with Gasteiger partial charge in [0.25, 0.3) is 0 Å². The summed E-state index contributed by atoms with van der Waals surface area (Å²) in [5.74, 6) is 1.15. The Balaban J connectivity index is 2.86. The molecule has 0 amide bonds. The van der Waals surface area contributed by atoms with Gasteiger partial charge in [0.15, 0.2) is 0 Å². The molecule has 1 aromatic heterocycles. The molecule has 0 saturated carbocycles. The Hall–Kier alpha value is -0.940. The van der Waals surface area contributed by atoms with E-state index in [2.05, 4.69) is 30.9 Å². The molecule has 0 aromatic carbocycles. The number of aromatic nitrogens is 2. The van der Waals surface area contributed by atoms with Crippen molar-refractivity contribution in [2.45, 2.75) is 71.4 Å². The highest BCUT2D eigenvalue weighted by Gasteiger charge is 2.35. The molecule has 0 aliphatic heterocycles. The van der Waals surface area contributed by atoms with Crippen molar-refractivity contribution in [2.24, 2.45) is 5.73 Å². The molecule has 5 heteroatoms. The topological polar surface area (TPSA) is 74.2 Å². The van der Waals surface area contributed by atoms with Gasteiger partial charge in [0.1, 0.15) is 5.60 Å². The number of ether oxygens (including phenoxy) is 1. The van der Waals surface area contributed by atoms with Crippen molar-refractivity contribution in [2.75, 3.05) is 6.61 Å². The number of unbranched alkanes of at least 4 members (excludes halogenated alkanes) is 1. The SMILES string of the molecule is CCCCC(N)c1nc(C(CC)(CC)OCC)no1. The minimum atomic E-state index is -0.443. The molecule has 1 atom stereocenters. The molecule has 0 saturated heterocycles. The fourth-order valence-corrected chi connectivity index (χ4v) is 2.23. The smallest absolute Gasteiger partial charge is 0.243 e. The molecule has 2 N–H and O–H groups in total. The second-order valence-electron chi connectivity index (χ2n) is 4.84. The van der Waals surface area contributed by atoms with Crippen molar-refractivity contribution in [3.05, 3.63) is 11.7 Å². The average Bonchev–Trinajstić information content (AvgIpc) is 2.92. The van der Waals surface area contributed by atoms with Crippen LogP contribution in [0.4, 0.5) is 0 Å². The lowest BCUT2D eigenvalue weighted by molar-refractivity contribution is -0.0583. The number of nitrogens with two attached hydrogens (primary N) is 1. The first kappa shape index (κ1) is 16.1. The van der Waals surface area contributed by atoms with Gasteiger partial charge in [0, 0.05) is 6.61 Å². The third-order valence-electron chi connectivity index (χ3n) is 3.60. The molecule has 19 heavy (non-hydrogen) atoms. The molecule has 0 fully saturated rings. The molecule has 0 spiro atoms. The van der Waals surface area contributed by atoms with E-state index in [0.717, 1.165) is 32.1 Å². The summed E-state index contributed by atoms with van der Waals surface area (Å²) in [5, 5.41) is 4.09. The summed E-state index contributed by atoms with van der Waals surface area (Å²) >= 11 is 0. The molecule has 0 bridgehead atoms. The van der Waals surface area contributed by atoms with E-state index in [0.29, 0.717) is 18.3 Å². The van der Waals surface area contributed by atoms with Crippen LogP contribution in [-0.4, -0.2) is 16.7 Å². The molecule has 110 valence electrons. The first-order valence-corrected chi connectivity index (χ1v) is 7.37. The molecular weight excluding hydrogens is 242 g/mol. The molecule has 1 unspecified atom stereocenters. The zero-order valence-corrected chi connectivity index (χ0v) is 12.6. The minimum absolute atomic E-state index is 0.172. The Morgan fingerprint density at radius 3 is 2.47 bits per heavy atom. The Morgan fingerprint density at radius 2 is 1.95 bits per heavy atom. The third-order valence-corrected chi connectivity index (χ3v) is 3.60. The lowest BCUT2D eigenvalue weighted by Gasteiger charge is -2.27. The van der Waals surface area contributed by atoms with Crippen molar-refractivity contribution >= 4 is 0 Å². The highest BCUT2D eigenvalue weighted by molar-refractivity contribution is 5.02. The highest BCUT2D eigenvalue weighted by atomic mass is 16.5. The van der Waals surface area contributed by atoms with Gasteiger partial charge < -0.3 is 15.0 Å².